The smallest absolute Gasteiger partial charge is 0.243 e. The zero-order valence-electron chi connectivity index (χ0n) is 23.2. The fourth-order valence-corrected chi connectivity index (χ4v) is 4.84. The number of aryl methyl sites for hydroxylation is 1. The molecule has 3 N–H and O–H groups in total. The molecule has 1 aliphatic heterocycles. The van der Waals surface area contributed by atoms with Crippen LogP contribution in [0.3, 0.4) is 0 Å². The van der Waals surface area contributed by atoms with E-state index in [4.69, 9.17) is 4.74 Å². The highest BCUT2D eigenvalue weighted by atomic mass is 19.1. The van der Waals surface area contributed by atoms with E-state index in [9.17, 15) is 23.2 Å². The summed E-state index contributed by atoms with van der Waals surface area (Å²) < 4.78 is 33.6. The Morgan fingerprint density at radius 1 is 0.975 bits per heavy atom. The lowest BCUT2D eigenvalue weighted by atomic mass is 10.0. The number of halogens is 2. The molecule has 1 aliphatic carbocycles. The first-order valence-corrected chi connectivity index (χ1v) is 13.9. The second-order valence-corrected chi connectivity index (χ2v) is 10.8. The molecule has 0 bridgehead atoms. The van der Waals surface area contributed by atoms with Crippen LogP contribution in [-0.2, 0) is 27.2 Å². The van der Waals surface area contributed by atoms with Crippen molar-refractivity contribution < 1.29 is 27.9 Å². The first kappa shape index (κ1) is 29.5. The van der Waals surface area contributed by atoms with Crippen molar-refractivity contribution in [2.45, 2.75) is 70.2 Å². The first-order chi connectivity index (χ1) is 19.1. The molecule has 0 saturated heterocycles. The highest BCUT2D eigenvalue weighted by Gasteiger charge is 2.39. The van der Waals surface area contributed by atoms with Gasteiger partial charge in [0.15, 0.2) is 0 Å². The summed E-state index contributed by atoms with van der Waals surface area (Å²) in [5, 5.41) is 8.99. The standard InChI is InChI=1S/C30H38F2N4O4/c1-18-17-34-27(22-8-9-22)30(39)36(3)19(2)28(37)35-25(15-20-6-11-23(31)12-7-20)29(38)33-14-4-5-21-10-13-24(32)16-26(21)40-18/h6-7,10-13,16,18-19,22,25,27,34H,4-5,8-9,14-15,17H2,1-3H3,(H,33,38)(H,35,37)/t18-,19?,25-,27+/m1/s1. The van der Waals surface area contributed by atoms with E-state index in [-0.39, 0.29) is 30.3 Å². The van der Waals surface area contributed by atoms with E-state index in [1.165, 1.54) is 29.2 Å². The molecule has 1 fully saturated rings. The second-order valence-electron chi connectivity index (χ2n) is 10.8. The summed E-state index contributed by atoms with van der Waals surface area (Å²) in [5.74, 6) is -1.27. The molecule has 216 valence electrons. The summed E-state index contributed by atoms with van der Waals surface area (Å²) in [6.45, 7) is 4.17. The summed E-state index contributed by atoms with van der Waals surface area (Å²) in [7, 11) is 1.58. The molecular weight excluding hydrogens is 518 g/mol. The van der Waals surface area contributed by atoms with Crippen LogP contribution in [0.2, 0.25) is 0 Å². The molecule has 0 spiro atoms. The Kier molecular flexibility index (Phi) is 9.73. The van der Waals surface area contributed by atoms with Crippen LogP contribution in [0.15, 0.2) is 42.5 Å². The predicted octanol–water partition coefficient (Wildman–Crippen LogP) is 2.74. The van der Waals surface area contributed by atoms with Gasteiger partial charge in [-0.15, -0.1) is 0 Å². The van der Waals surface area contributed by atoms with Gasteiger partial charge in [0, 0.05) is 32.6 Å². The number of hydrogen-bond donors (Lipinski definition) is 3. The number of likely N-dealkylation sites (N-methyl/N-ethyl adjacent to an activating group) is 1. The van der Waals surface area contributed by atoms with Crippen LogP contribution in [0.4, 0.5) is 8.78 Å². The van der Waals surface area contributed by atoms with Crippen molar-refractivity contribution in [3.63, 3.8) is 0 Å². The van der Waals surface area contributed by atoms with Gasteiger partial charge in [-0.1, -0.05) is 18.2 Å². The van der Waals surface area contributed by atoms with Gasteiger partial charge in [-0.3, -0.25) is 14.4 Å². The SMILES string of the molecule is CC1C(=O)N[C@H](Cc2ccc(F)cc2)C(=O)NCCCc2ccc(F)cc2O[C@H](C)CN[C@@H](C2CC2)C(=O)N1C. The van der Waals surface area contributed by atoms with Gasteiger partial charge in [-0.25, -0.2) is 8.78 Å². The third-order valence-electron chi connectivity index (χ3n) is 7.56. The largest absolute Gasteiger partial charge is 0.489 e. The number of carbonyl (C=O) groups excluding carboxylic acids is 3. The van der Waals surface area contributed by atoms with Crippen molar-refractivity contribution in [2.24, 2.45) is 5.92 Å². The zero-order valence-corrected chi connectivity index (χ0v) is 23.2. The molecule has 10 heteroatoms. The van der Waals surface area contributed by atoms with Crippen LogP contribution >= 0.6 is 0 Å². The van der Waals surface area contributed by atoms with Crippen LogP contribution in [0.25, 0.3) is 0 Å². The number of ether oxygens (including phenoxy) is 1. The Bertz CT molecular complexity index is 1200. The van der Waals surface area contributed by atoms with Gasteiger partial charge in [-0.2, -0.15) is 0 Å². The molecule has 1 unspecified atom stereocenters. The number of hydrogen-bond acceptors (Lipinski definition) is 5. The van der Waals surface area contributed by atoms with E-state index in [0.29, 0.717) is 37.2 Å². The van der Waals surface area contributed by atoms with Gasteiger partial charge >= 0.3 is 0 Å². The Balaban J connectivity index is 1.58. The maximum absolute atomic E-state index is 14.1. The fraction of sp³-hybridized carbons (Fsp3) is 0.500. The minimum absolute atomic E-state index is 0.155. The van der Waals surface area contributed by atoms with Crippen LogP contribution in [-0.4, -0.2) is 67.0 Å². The molecule has 1 saturated carbocycles. The molecule has 0 aromatic heterocycles. The van der Waals surface area contributed by atoms with E-state index < -0.39 is 35.7 Å². The average molecular weight is 557 g/mol. The number of amides is 3. The van der Waals surface area contributed by atoms with Gasteiger partial charge in [-0.05, 0) is 74.8 Å². The number of carbonyl (C=O) groups is 3. The Morgan fingerprint density at radius 2 is 1.68 bits per heavy atom. The molecule has 40 heavy (non-hydrogen) atoms. The lowest BCUT2D eigenvalue weighted by molar-refractivity contribution is -0.141. The van der Waals surface area contributed by atoms with E-state index >= 15 is 0 Å². The van der Waals surface area contributed by atoms with E-state index in [2.05, 4.69) is 16.0 Å². The minimum atomic E-state index is -0.925. The Morgan fingerprint density at radius 3 is 2.38 bits per heavy atom. The van der Waals surface area contributed by atoms with Gasteiger partial charge in [0.1, 0.15) is 35.6 Å². The zero-order chi connectivity index (χ0) is 28.8. The monoisotopic (exact) mass is 556 g/mol. The summed E-state index contributed by atoms with van der Waals surface area (Å²) in [6, 6.07) is 7.92. The molecular formula is C30H38F2N4O4. The van der Waals surface area contributed by atoms with Crippen LogP contribution in [0.5, 0.6) is 5.75 Å². The number of rotatable bonds is 3. The van der Waals surface area contributed by atoms with Crippen LogP contribution in [0, 0.1) is 17.6 Å². The topological polar surface area (TPSA) is 99.8 Å². The first-order valence-electron chi connectivity index (χ1n) is 13.9. The number of nitrogens with one attached hydrogen (secondary N) is 3. The van der Waals surface area contributed by atoms with Crippen molar-refractivity contribution in [1.82, 2.24) is 20.9 Å². The molecule has 3 amide bonds. The molecule has 4 atom stereocenters. The lowest BCUT2D eigenvalue weighted by Gasteiger charge is -2.31. The van der Waals surface area contributed by atoms with Gasteiger partial charge in [0.25, 0.3) is 0 Å². The summed E-state index contributed by atoms with van der Waals surface area (Å²) in [5.41, 5.74) is 1.49. The maximum Gasteiger partial charge on any atom is 0.243 e. The second kappa shape index (κ2) is 13.2. The van der Waals surface area contributed by atoms with Gasteiger partial charge < -0.3 is 25.6 Å². The quantitative estimate of drug-likeness (QED) is 0.540. The van der Waals surface area contributed by atoms with E-state index in [0.717, 1.165) is 18.4 Å². The summed E-state index contributed by atoms with van der Waals surface area (Å²) >= 11 is 0. The highest BCUT2D eigenvalue weighted by molar-refractivity contribution is 5.93. The number of fused-ring (bicyclic) bond motifs is 1. The van der Waals surface area contributed by atoms with Gasteiger partial charge in [0.2, 0.25) is 17.7 Å². The maximum atomic E-state index is 14.1. The van der Waals surface area contributed by atoms with Crippen LogP contribution < -0.4 is 20.7 Å². The van der Waals surface area contributed by atoms with Crippen molar-refractivity contribution >= 4 is 17.7 Å². The third kappa shape index (κ3) is 7.78. The van der Waals surface area contributed by atoms with Crippen molar-refractivity contribution in [1.29, 1.82) is 0 Å². The summed E-state index contributed by atoms with van der Waals surface area (Å²) in [6.07, 6.45) is 2.72. The minimum Gasteiger partial charge on any atom is -0.489 e. The van der Waals surface area contributed by atoms with E-state index in [1.807, 2.05) is 6.92 Å². The van der Waals surface area contributed by atoms with Crippen molar-refractivity contribution in [3.05, 3.63) is 65.2 Å². The highest BCUT2D eigenvalue weighted by Crippen LogP contribution is 2.33. The molecule has 1 heterocycles. The molecule has 2 aliphatic rings. The number of nitrogens with zero attached hydrogens (tertiary/aromatic N) is 1. The molecule has 2 aromatic rings. The molecule has 2 aromatic carbocycles. The molecule has 4 rings (SSSR count). The fourth-order valence-electron chi connectivity index (χ4n) is 4.84. The third-order valence-corrected chi connectivity index (χ3v) is 7.56. The normalized spacial score (nSPS) is 25.6. The summed E-state index contributed by atoms with van der Waals surface area (Å²) in [4.78, 5) is 41.3. The lowest BCUT2D eigenvalue weighted by Crippen LogP contribution is -2.57. The Labute approximate surface area is 233 Å². The molecule has 0 radical (unpaired) electrons. The molecule has 8 nitrogen and oxygen atoms in total. The Hall–Kier alpha value is -3.53. The predicted molar refractivity (Wildman–Crippen MR) is 147 cm³/mol. The van der Waals surface area contributed by atoms with Crippen LogP contribution in [0.1, 0.15) is 44.2 Å². The average Bonchev–Trinajstić information content (AvgIpc) is 3.76. The van der Waals surface area contributed by atoms with Crippen molar-refractivity contribution in [3.8, 4) is 5.75 Å². The number of benzene rings is 2. The van der Waals surface area contributed by atoms with E-state index in [1.54, 1.807) is 32.2 Å². The van der Waals surface area contributed by atoms with Gasteiger partial charge in [0.05, 0.1) is 6.04 Å². The van der Waals surface area contributed by atoms with Crippen molar-refractivity contribution in [2.75, 3.05) is 20.1 Å².